The second kappa shape index (κ2) is 6.05. The largest absolute Gasteiger partial charge is 0.457 e. The first-order valence-corrected chi connectivity index (χ1v) is 6.65. The van der Waals surface area contributed by atoms with Gasteiger partial charge in [-0.25, -0.2) is 0 Å². The van der Waals surface area contributed by atoms with Crippen LogP contribution in [0.2, 0.25) is 0 Å². The summed E-state index contributed by atoms with van der Waals surface area (Å²) >= 11 is 0. The number of H-pyrrole nitrogens is 1. The molecule has 0 saturated carbocycles. The Labute approximate surface area is 122 Å². The van der Waals surface area contributed by atoms with Crippen LogP contribution in [0.5, 0.6) is 11.5 Å². The summed E-state index contributed by atoms with van der Waals surface area (Å²) in [5, 5.41) is 0. The maximum Gasteiger partial charge on any atom is 0.251 e. The van der Waals surface area contributed by atoms with E-state index < -0.39 is 0 Å². The molecule has 0 unspecified atom stereocenters. The Balaban J connectivity index is 1.90. The van der Waals surface area contributed by atoms with Gasteiger partial charge in [0.1, 0.15) is 11.5 Å². The van der Waals surface area contributed by atoms with Gasteiger partial charge in [-0.05, 0) is 29.8 Å². The topological polar surface area (TPSA) is 55.0 Å². The van der Waals surface area contributed by atoms with Crippen molar-refractivity contribution in [3.8, 4) is 11.5 Å². The fourth-order valence-corrected chi connectivity index (χ4v) is 2.08. The molecule has 0 bridgehead atoms. The summed E-state index contributed by atoms with van der Waals surface area (Å²) in [7, 11) is 0. The van der Waals surface area contributed by atoms with Crippen molar-refractivity contribution in [3.05, 3.63) is 88.6 Å². The Bertz CT molecular complexity index is 782. The van der Waals surface area contributed by atoms with Crippen LogP contribution in [0.4, 0.5) is 0 Å². The van der Waals surface area contributed by atoms with Crippen LogP contribution in [-0.2, 0) is 6.42 Å². The van der Waals surface area contributed by atoms with E-state index >= 15 is 0 Å². The molecule has 4 nitrogen and oxygen atoms in total. The molecule has 0 radical (unpaired) electrons. The van der Waals surface area contributed by atoms with Crippen LogP contribution in [-0.4, -0.2) is 9.97 Å². The highest BCUT2D eigenvalue weighted by Crippen LogP contribution is 2.25. The number of ether oxygens (including phenoxy) is 1. The smallest absolute Gasteiger partial charge is 0.251 e. The van der Waals surface area contributed by atoms with E-state index in [0.29, 0.717) is 12.0 Å². The molecule has 3 rings (SSSR count). The van der Waals surface area contributed by atoms with E-state index in [1.54, 1.807) is 30.7 Å². The van der Waals surface area contributed by atoms with Crippen molar-refractivity contribution in [1.29, 1.82) is 0 Å². The van der Waals surface area contributed by atoms with E-state index in [9.17, 15) is 4.79 Å². The molecule has 2 heterocycles. The first kappa shape index (κ1) is 13.1. The maximum absolute atomic E-state index is 11.8. The summed E-state index contributed by atoms with van der Waals surface area (Å²) in [6.45, 7) is 0. The zero-order valence-electron chi connectivity index (χ0n) is 11.3. The van der Waals surface area contributed by atoms with Gasteiger partial charge in [0.05, 0.1) is 0 Å². The third kappa shape index (κ3) is 3.17. The average Bonchev–Trinajstić information content (AvgIpc) is 2.52. The summed E-state index contributed by atoms with van der Waals surface area (Å²) in [6, 6.07) is 14.9. The van der Waals surface area contributed by atoms with Crippen LogP contribution in [0.3, 0.4) is 0 Å². The predicted molar refractivity (Wildman–Crippen MR) is 80.6 cm³/mol. The lowest BCUT2D eigenvalue weighted by molar-refractivity contribution is 0.476. The third-order valence-electron chi connectivity index (χ3n) is 3.13. The quantitative estimate of drug-likeness (QED) is 0.797. The highest BCUT2D eigenvalue weighted by molar-refractivity contribution is 5.39. The second-order valence-corrected chi connectivity index (χ2v) is 4.59. The molecule has 21 heavy (non-hydrogen) atoms. The molecule has 1 aromatic carbocycles. The Hall–Kier alpha value is -2.88. The van der Waals surface area contributed by atoms with E-state index in [2.05, 4.69) is 9.97 Å². The first-order valence-electron chi connectivity index (χ1n) is 6.65. The van der Waals surface area contributed by atoms with E-state index in [4.69, 9.17) is 4.74 Å². The number of rotatable bonds is 4. The van der Waals surface area contributed by atoms with Gasteiger partial charge < -0.3 is 9.72 Å². The lowest BCUT2D eigenvalue weighted by Gasteiger charge is -2.10. The highest BCUT2D eigenvalue weighted by atomic mass is 16.5. The second-order valence-electron chi connectivity index (χ2n) is 4.59. The minimum Gasteiger partial charge on any atom is -0.457 e. The summed E-state index contributed by atoms with van der Waals surface area (Å²) < 4.78 is 5.87. The minimum atomic E-state index is -0.0729. The normalized spacial score (nSPS) is 10.3. The molecule has 0 aliphatic heterocycles. The van der Waals surface area contributed by atoms with Crippen molar-refractivity contribution >= 4 is 0 Å². The van der Waals surface area contributed by atoms with Gasteiger partial charge in [0.15, 0.2) is 0 Å². The SMILES string of the molecule is O=c1[nH]cccc1Cc1ccccc1Oc1ccncc1. The molecule has 0 fully saturated rings. The molecule has 0 aliphatic carbocycles. The van der Waals surface area contributed by atoms with Gasteiger partial charge in [-0.15, -0.1) is 0 Å². The maximum atomic E-state index is 11.8. The molecular formula is C17H14N2O2. The fourth-order valence-electron chi connectivity index (χ4n) is 2.08. The number of hydrogen-bond acceptors (Lipinski definition) is 3. The molecule has 0 amide bonds. The van der Waals surface area contributed by atoms with Crippen LogP contribution < -0.4 is 10.3 Å². The highest BCUT2D eigenvalue weighted by Gasteiger charge is 2.07. The summed E-state index contributed by atoms with van der Waals surface area (Å²) in [4.78, 5) is 18.4. The predicted octanol–water partition coefficient (Wildman–Crippen LogP) is 3.15. The number of nitrogens with one attached hydrogen (secondary N) is 1. The Morgan fingerprint density at radius 1 is 0.952 bits per heavy atom. The van der Waals surface area contributed by atoms with Gasteiger partial charge in [-0.1, -0.05) is 24.3 Å². The average molecular weight is 278 g/mol. The molecular weight excluding hydrogens is 264 g/mol. The van der Waals surface area contributed by atoms with E-state index in [1.807, 2.05) is 36.4 Å². The van der Waals surface area contributed by atoms with Crippen molar-refractivity contribution < 1.29 is 4.74 Å². The third-order valence-corrected chi connectivity index (χ3v) is 3.13. The minimum absolute atomic E-state index is 0.0729. The molecule has 2 aromatic heterocycles. The number of hydrogen-bond donors (Lipinski definition) is 1. The van der Waals surface area contributed by atoms with E-state index in [-0.39, 0.29) is 5.56 Å². The van der Waals surface area contributed by atoms with Crippen molar-refractivity contribution in [2.75, 3.05) is 0 Å². The summed E-state index contributed by atoms with van der Waals surface area (Å²) in [6.07, 6.45) is 5.52. The van der Waals surface area contributed by atoms with Crippen LogP contribution in [0.25, 0.3) is 0 Å². The lowest BCUT2D eigenvalue weighted by atomic mass is 10.1. The van der Waals surface area contributed by atoms with Crippen molar-refractivity contribution in [1.82, 2.24) is 9.97 Å². The molecule has 3 aromatic rings. The standard InChI is InChI=1S/C17H14N2O2/c20-17-14(5-3-9-19-17)12-13-4-1-2-6-16(13)21-15-7-10-18-11-8-15/h1-11H,12H2,(H,19,20). The Morgan fingerprint density at radius 2 is 1.71 bits per heavy atom. The van der Waals surface area contributed by atoms with Crippen molar-refractivity contribution in [2.24, 2.45) is 0 Å². The van der Waals surface area contributed by atoms with Gasteiger partial charge in [-0.3, -0.25) is 9.78 Å². The number of aromatic nitrogens is 2. The monoisotopic (exact) mass is 278 g/mol. The number of para-hydroxylation sites is 1. The van der Waals surface area contributed by atoms with Gasteiger partial charge in [0.2, 0.25) is 0 Å². The van der Waals surface area contributed by atoms with Gasteiger partial charge in [-0.2, -0.15) is 0 Å². The zero-order chi connectivity index (χ0) is 14.5. The molecule has 4 heteroatoms. The van der Waals surface area contributed by atoms with Crippen LogP contribution in [0, 0.1) is 0 Å². The van der Waals surface area contributed by atoms with Gasteiger partial charge in [0.25, 0.3) is 5.56 Å². The van der Waals surface area contributed by atoms with Crippen LogP contribution >= 0.6 is 0 Å². The molecule has 0 atom stereocenters. The Kier molecular flexibility index (Phi) is 3.78. The number of pyridine rings is 2. The number of aromatic amines is 1. The molecule has 0 spiro atoms. The number of benzene rings is 1. The van der Waals surface area contributed by atoms with Crippen molar-refractivity contribution in [2.45, 2.75) is 6.42 Å². The van der Waals surface area contributed by atoms with Crippen LogP contribution in [0.1, 0.15) is 11.1 Å². The molecule has 1 N–H and O–H groups in total. The van der Waals surface area contributed by atoms with Crippen molar-refractivity contribution in [3.63, 3.8) is 0 Å². The van der Waals surface area contributed by atoms with E-state index in [1.165, 1.54) is 0 Å². The lowest BCUT2D eigenvalue weighted by Crippen LogP contribution is -2.11. The molecule has 0 saturated heterocycles. The Morgan fingerprint density at radius 3 is 2.52 bits per heavy atom. The van der Waals surface area contributed by atoms with Gasteiger partial charge in [0, 0.05) is 30.6 Å². The fraction of sp³-hybridized carbons (Fsp3) is 0.0588. The van der Waals surface area contributed by atoms with E-state index in [0.717, 1.165) is 17.1 Å². The molecule has 104 valence electrons. The van der Waals surface area contributed by atoms with Crippen LogP contribution in [0.15, 0.2) is 71.9 Å². The summed E-state index contributed by atoms with van der Waals surface area (Å²) in [5.74, 6) is 1.46. The van der Waals surface area contributed by atoms with Gasteiger partial charge >= 0.3 is 0 Å². The summed E-state index contributed by atoms with van der Waals surface area (Å²) in [5.41, 5.74) is 1.60. The number of nitrogens with zero attached hydrogens (tertiary/aromatic N) is 1. The molecule has 0 aliphatic rings. The zero-order valence-corrected chi connectivity index (χ0v) is 11.3. The first-order chi connectivity index (χ1) is 10.3.